The normalized spacial score (nSPS) is 11.6. The maximum absolute atomic E-state index is 12.5. The minimum atomic E-state index is 0.207. The molecule has 0 saturated carbocycles. The first-order valence-electron chi connectivity index (χ1n) is 7.50. The van der Waals surface area contributed by atoms with Gasteiger partial charge in [0.15, 0.2) is 5.78 Å². The van der Waals surface area contributed by atoms with Gasteiger partial charge < -0.3 is 0 Å². The number of nitrogens with zero attached hydrogens (tertiary/aromatic N) is 1. The van der Waals surface area contributed by atoms with Crippen LogP contribution in [-0.4, -0.2) is 29.8 Å². The van der Waals surface area contributed by atoms with Crippen molar-refractivity contribution >= 4 is 21.7 Å². The Kier molecular flexibility index (Phi) is 7.46. The third-order valence-electron chi connectivity index (χ3n) is 3.55. The molecular weight excluding hydrogens is 314 g/mol. The summed E-state index contributed by atoms with van der Waals surface area (Å²) < 4.78 is 0.960. The molecule has 0 aliphatic heterocycles. The van der Waals surface area contributed by atoms with Crippen LogP contribution >= 0.6 is 15.9 Å². The summed E-state index contributed by atoms with van der Waals surface area (Å²) in [6.07, 6.45) is 2.18. The first-order chi connectivity index (χ1) is 9.47. The van der Waals surface area contributed by atoms with E-state index in [4.69, 9.17) is 0 Å². The highest BCUT2D eigenvalue weighted by Crippen LogP contribution is 2.15. The molecule has 1 rings (SSSR count). The van der Waals surface area contributed by atoms with E-state index in [0.717, 1.165) is 29.4 Å². The third-order valence-corrected chi connectivity index (χ3v) is 4.05. The lowest BCUT2D eigenvalue weighted by Crippen LogP contribution is -2.40. The lowest BCUT2D eigenvalue weighted by molar-refractivity contribution is 0.0866. The molecule has 0 saturated heterocycles. The summed E-state index contributed by atoms with van der Waals surface area (Å²) in [7, 11) is 0. The van der Waals surface area contributed by atoms with Gasteiger partial charge in [-0.25, -0.2) is 0 Å². The Hall–Kier alpha value is -0.670. The number of hydrogen-bond acceptors (Lipinski definition) is 2. The second-order valence-electron chi connectivity index (χ2n) is 5.73. The fourth-order valence-corrected chi connectivity index (χ4v) is 2.95. The van der Waals surface area contributed by atoms with Gasteiger partial charge in [-0.15, -0.1) is 0 Å². The van der Waals surface area contributed by atoms with E-state index in [1.165, 1.54) is 0 Å². The van der Waals surface area contributed by atoms with Crippen molar-refractivity contribution in [2.24, 2.45) is 5.92 Å². The fourth-order valence-electron chi connectivity index (χ4n) is 2.55. The van der Waals surface area contributed by atoms with E-state index in [0.29, 0.717) is 18.5 Å². The molecule has 1 aromatic carbocycles. The van der Waals surface area contributed by atoms with Gasteiger partial charge >= 0.3 is 0 Å². The van der Waals surface area contributed by atoms with Crippen LogP contribution in [0, 0.1) is 5.92 Å². The average Bonchev–Trinajstić information content (AvgIpc) is 2.39. The van der Waals surface area contributed by atoms with E-state index in [2.05, 4.69) is 48.5 Å². The molecule has 0 aliphatic carbocycles. The zero-order valence-electron chi connectivity index (χ0n) is 13.0. The van der Waals surface area contributed by atoms with Crippen LogP contribution in [0.1, 0.15) is 50.9 Å². The SMILES string of the molecule is CCC(CC)N(CC(=O)c1cccc(Br)c1)CC(C)C. The van der Waals surface area contributed by atoms with Gasteiger partial charge in [0.2, 0.25) is 0 Å². The van der Waals surface area contributed by atoms with Crippen LogP contribution in [0.25, 0.3) is 0 Å². The van der Waals surface area contributed by atoms with Crippen molar-refractivity contribution < 1.29 is 4.79 Å². The molecule has 0 unspecified atom stereocenters. The molecule has 0 spiro atoms. The number of carbonyl (C=O) groups is 1. The monoisotopic (exact) mass is 339 g/mol. The summed E-state index contributed by atoms with van der Waals surface area (Å²) in [4.78, 5) is 14.8. The first kappa shape index (κ1) is 17.4. The van der Waals surface area contributed by atoms with Crippen LogP contribution in [0.2, 0.25) is 0 Å². The Balaban J connectivity index is 2.80. The molecule has 0 N–H and O–H groups in total. The summed E-state index contributed by atoms with van der Waals surface area (Å²) in [5.41, 5.74) is 0.791. The van der Waals surface area contributed by atoms with Crippen molar-refractivity contribution in [3.8, 4) is 0 Å². The number of halogens is 1. The maximum Gasteiger partial charge on any atom is 0.176 e. The van der Waals surface area contributed by atoms with Crippen LogP contribution < -0.4 is 0 Å². The van der Waals surface area contributed by atoms with Gasteiger partial charge in [0.05, 0.1) is 6.54 Å². The number of carbonyl (C=O) groups excluding carboxylic acids is 1. The molecule has 0 fully saturated rings. The second-order valence-corrected chi connectivity index (χ2v) is 6.64. The van der Waals surface area contributed by atoms with Gasteiger partial charge in [0.25, 0.3) is 0 Å². The van der Waals surface area contributed by atoms with Gasteiger partial charge in [0.1, 0.15) is 0 Å². The van der Waals surface area contributed by atoms with Gasteiger partial charge in [-0.1, -0.05) is 55.8 Å². The maximum atomic E-state index is 12.5. The quantitative estimate of drug-likeness (QED) is 0.635. The van der Waals surface area contributed by atoms with Crippen molar-refractivity contribution in [3.63, 3.8) is 0 Å². The molecule has 0 atom stereocenters. The summed E-state index contributed by atoms with van der Waals surface area (Å²) >= 11 is 3.43. The highest BCUT2D eigenvalue weighted by atomic mass is 79.9. The molecule has 0 bridgehead atoms. The van der Waals surface area contributed by atoms with E-state index in [1.54, 1.807) is 0 Å². The fraction of sp³-hybridized carbons (Fsp3) is 0.588. The van der Waals surface area contributed by atoms with Gasteiger partial charge in [-0.05, 0) is 30.9 Å². The van der Waals surface area contributed by atoms with Crippen molar-refractivity contribution in [2.45, 2.75) is 46.6 Å². The predicted octanol–water partition coefficient (Wildman–Crippen LogP) is 4.78. The molecule has 1 aromatic rings. The van der Waals surface area contributed by atoms with Crippen molar-refractivity contribution in [1.29, 1.82) is 0 Å². The van der Waals surface area contributed by atoms with Crippen LogP contribution in [0.15, 0.2) is 28.7 Å². The Morgan fingerprint density at radius 3 is 2.40 bits per heavy atom. The van der Waals surface area contributed by atoms with Crippen LogP contribution in [-0.2, 0) is 0 Å². The van der Waals surface area contributed by atoms with Crippen LogP contribution in [0.4, 0.5) is 0 Å². The smallest absolute Gasteiger partial charge is 0.176 e. The molecule has 0 aromatic heterocycles. The summed E-state index contributed by atoms with van der Waals surface area (Å²) in [5, 5.41) is 0. The molecule has 0 aliphatic rings. The van der Waals surface area contributed by atoms with E-state index in [9.17, 15) is 4.79 Å². The molecule has 0 amide bonds. The molecule has 0 heterocycles. The van der Waals surface area contributed by atoms with Crippen molar-refractivity contribution in [3.05, 3.63) is 34.3 Å². The minimum Gasteiger partial charge on any atom is -0.293 e. The number of Topliss-reactive ketones (excluding diaryl/α,β-unsaturated/α-hetero) is 1. The van der Waals surface area contributed by atoms with Crippen LogP contribution in [0.5, 0.6) is 0 Å². The van der Waals surface area contributed by atoms with Crippen molar-refractivity contribution in [2.75, 3.05) is 13.1 Å². The standard InChI is InChI=1S/C17H26BrNO/c1-5-16(6-2)19(11-13(3)4)12-17(20)14-8-7-9-15(18)10-14/h7-10,13,16H,5-6,11-12H2,1-4H3. The van der Waals surface area contributed by atoms with E-state index in [-0.39, 0.29) is 5.78 Å². The van der Waals surface area contributed by atoms with E-state index < -0.39 is 0 Å². The van der Waals surface area contributed by atoms with E-state index in [1.807, 2.05) is 24.3 Å². The minimum absolute atomic E-state index is 0.207. The average molecular weight is 340 g/mol. The molecule has 3 heteroatoms. The highest BCUT2D eigenvalue weighted by molar-refractivity contribution is 9.10. The van der Waals surface area contributed by atoms with Crippen molar-refractivity contribution in [1.82, 2.24) is 4.90 Å². The number of hydrogen-bond donors (Lipinski definition) is 0. The Morgan fingerprint density at radius 2 is 1.90 bits per heavy atom. The first-order valence-corrected chi connectivity index (χ1v) is 8.30. The lowest BCUT2D eigenvalue weighted by atomic mass is 10.0. The van der Waals surface area contributed by atoms with Gasteiger partial charge in [-0.2, -0.15) is 0 Å². The Labute approximate surface area is 131 Å². The second kappa shape index (κ2) is 8.58. The molecular formula is C17H26BrNO. The molecule has 2 nitrogen and oxygen atoms in total. The zero-order chi connectivity index (χ0) is 15.1. The Bertz CT molecular complexity index is 427. The summed E-state index contributed by atoms with van der Waals surface area (Å²) in [6.45, 7) is 10.3. The summed E-state index contributed by atoms with van der Waals surface area (Å²) in [6, 6.07) is 8.16. The predicted molar refractivity (Wildman–Crippen MR) is 89.3 cm³/mol. The Morgan fingerprint density at radius 1 is 1.25 bits per heavy atom. The zero-order valence-corrected chi connectivity index (χ0v) is 14.6. The number of rotatable bonds is 8. The van der Waals surface area contributed by atoms with Crippen LogP contribution in [0.3, 0.4) is 0 Å². The largest absolute Gasteiger partial charge is 0.293 e. The molecule has 20 heavy (non-hydrogen) atoms. The van der Waals surface area contributed by atoms with Gasteiger partial charge in [0, 0.05) is 22.6 Å². The highest BCUT2D eigenvalue weighted by Gasteiger charge is 2.20. The number of ketones is 1. The number of benzene rings is 1. The topological polar surface area (TPSA) is 20.3 Å². The molecule has 0 radical (unpaired) electrons. The van der Waals surface area contributed by atoms with E-state index >= 15 is 0 Å². The summed E-state index contributed by atoms with van der Waals surface area (Å²) in [5.74, 6) is 0.782. The third kappa shape index (κ3) is 5.37. The van der Waals surface area contributed by atoms with Gasteiger partial charge in [-0.3, -0.25) is 9.69 Å². The lowest BCUT2D eigenvalue weighted by Gasteiger charge is -2.31. The molecule has 112 valence electrons.